The second-order valence-corrected chi connectivity index (χ2v) is 6.51. The number of nitrogens with zero attached hydrogens (tertiary/aromatic N) is 2. The molecule has 0 aliphatic rings. The van der Waals surface area contributed by atoms with E-state index in [0.29, 0.717) is 10.6 Å². The van der Waals surface area contributed by atoms with Crippen LogP contribution >= 0.6 is 11.3 Å². The van der Waals surface area contributed by atoms with Crippen molar-refractivity contribution in [2.75, 3.05) is 23.8 Å². The van der Waals surface area contributed by atoms with E-state index >= 15 is 0 Å². The summed E-state index contributed by atoms with van der Waals surface area (Å²) < 4.78 is 14.5. The first-order chi connectivity index (χ1) is 11.6. The first kappa shape index (κ1) is 16.4. The molecular weight excluding hydrogens is 325 g/mol. The number of hydrogen-bond donors (Lipinski definition) is 1. The van der Waals surface area contributed by atoms with E-state index < -0.39 is 0 Å². The van der Waals surface area contributed by atoms with Crippen LogP contribution in [-0.4, -0.2) is 24.5 Å². The van der Waals surface area contributed by atoms with Gasteiger partial charge in [-0.2, -0.15) is 0 Å². The number of amides is 1. The molecule has 0 saturated carbocycles. The Morgan fingerprint density at radius 2 is 2.04 bits per heavy atom. The van der Waals surface area contributed by atoms with E-state index in [1.807, 2.05) is 37.3 Å². The second kappa shape index (κ2) is 6.97. The van der Waals surface area contributed by atoms with Gasteiger partial charge in [0.25, 0.3) is 0 Å². The maximum atomic E-state index is 13.7. The van der Waals surface area contributed by atoms with Crippen molar-refractivity contribution in [2.45, 2.75) is 13.3 Å². The summed E-state index contributed by atoms with van der Waals surface area (Å²) in [7, 11) is 1.78. The molecule has 0 radical (unpaired) electrons. The van der Waals surface area contributed by atoms with Crippen LogP contribution in [-0.2, 0) is 11.2 Å². The summed E-state index contributed by atoms with van der Waals surface area (Å²) in [5.41, 5.74) is 2.27. The number of fused-ring (bicyclic) bond motifs is 1. The van der Waals surface area contributed by atoms with Crippen molar-refractivity contribution in [3.8, 4) is 0 Å². The Hall–Kier alpha value is -2.47. The summed E-state index contributed by atoms with van der Waals surface area (Å²) in [4.78, 5) is 18.3. The van der Waals surface area contributed by atoms with Crippen molar-refractivity contribution in [2.24, 2.45) is 0 Å². The van der Waals surface area contributed by atoms with E-state index in [2.05, 4.69) is 10.3 Å². The van der Waals surface area contributed by atoms with Crippen LogP contribution in [0.25, 0.3) is 10.2 Å². The minimum atomic E-state index is -0.343. The number of carbonyl (C=O) groups excluding carboxylic acids is 1. The van der Waals surface area contributed by atoms with Crippen LogP contribution in [0.15, 0.2) is 42.5 Å². The minimum absolute atomic E-state index is 0.127. The molecule has 1 N–H and O–H groups in total. The number of aromatic nitrogens is 1. The third kappa shape index (κ3) is 3.38. The molecule has 0 fully saturated rings. The highest BCUT2D eigenvalue weighted by molar-refractivity contribution is 7.22. The lowest BCUT2D eigenvalue weighted by Crippen LogP contribution is -2.30. The van der Waals surface area contributed by atoms with Gasteiger partial charge >= 0.3 is 0 Å². The SMILES string of the molecule is CCc1ccccc1NC(=O)CN(C)c1nc2c(F)cccc2s1. The van der Waals surface area contributed by atoms with E-state index in [1.165, 1.54) is 17.4 Å². The molecular formula is C18H18FN3OS. The van der Waals surface area contributed by atoms with Crippen LogP contribution in [0.4, 0.5) is 15.2 Å². The fourth-order valence-electron chi connectivity index (χ4n) is 2.49. The van der Waals surface area contributed by atoms with E-state index in [4.69, 9.17) is 0 Å². The van der Waals surface area contributed by atoms with Crippen LogP contribution < -0.4 is 10.2 Å². The van der Waals surface area contributed by atoms with Gasteiger partial charge in [0.15, 0.2) is 5.13 Å². The maximum absolute atomic E-state index is 13.7. The number of likely N-dealkylation sites (N-methyl/N-ethyl adjacent to an activating group) is 1. The molecule has 3 rings (SSSR count). The number of aryl methyl sites for hydroxylation is 1. The fraction of sp³-hybridized carbons (Fsp3) is 0.222. The van der Waals surface area contributed by atoms with Crippen molar-refractivity contribution >= 4 is 38.3 Å². The number of halogens is 1. The minimum Gasteiger partial charge on any atom is -0.342 e. The average Bonchev–Trinajstić information content (AvgIpc) is 3.01. The summed E-state index contributed by atoms with van der Waals surface area (Å²) in [6, 6.07) is 12.6. The van der Waals surface area contributed by atoms with Gasteiger partial charge in [0.05, 0.1) is 11.2 Å². The van der Waals surface area contributed by atoms with Crippen LogP contribution in [0.5, 0.6) is 0 Å². The second-order valence-electron chi connectivity index (χ2n) is 5.50. The molecule has 24 heavy (non-hydrogen) atoms. The predicted octanol–water partition coefficient (Wildman–Crippen LogP) is 4.07. The molecule has 0 atom stereocenters. The van der Waals surface area contributed by atoms with E-state index in [-0.39, 0.29) is 18.3 Å². The topological polar surface area (TPSA) is 45.2 Å². The normalized spacial score (nSPS) is 10.8. The number of rotatable bonds is 5. The smallest absolute Gasteiger partial charge is 0.243 e. The Morgan fingerprint density at radius 3 is 2.79 bits per heavy atom. The van der Waals surface area contributed by atoms with Gasteiger partial charge in [0.1, 0.15) is 11.3 Å². The van der Waals surface area contributed by atoms with E-state index in [9.17, 15) is 9.18 Å². The maximum Gasteiger partial charge on any atom is 0.243 e. The van der Waals surface area contributed by atoms with Crippen LogP contribution in [0, 0.1) is 5.82 Å². The number of para-hydroxylation sites is 2. The monoisotopic (exact) mass is 343 g/mol. The first-order valence-electron chi connectivity index (χ1n) is 7.72. The summed E-state index contributed by atoms with van der Waals surface area (Å²) in [6.45, 7) is 2.20. The quantitative estimate of drug-likeness (QED) is 0.759. The van der Waals surface area contributed by atoms with Crippen molar-refractivity contribution in [1.82, 2.24) is 4.98 Å². The summed E-state index contributed by atoms with van der Waals surface area (Å²) in [5, 5.41) is 3.55. The number of nitrogens with one attached hydrogen (secondary N) is 1. The zero-order valence-corrected chi connectivity index (χ0v) is 14.4. The molecule has 1 aromatic heterocycles. The Morgan fingerprint density at radius 1 is 1.25 bits per heavy atom. The molecule has 0 aliphatic carbocycles. The molecule has 6 heteroatoms. The van der Waals surface area contributed by atoms with Gasteiger partial charge in [-0.05, 0) is 30.2 Å². The van der Waals surface area contributed by atoms with Crippen LogP contribution in [0.3, 0.4) is 0 Å². The molecule has 1 heterocycles. The van der Waals surface area contributed by atoms with Crippen LogP contribution in [0.2, 0.25) is 0 Å². The van der Waals surface area contributed by atoms with Crippen molar-refractivity contribution in [3.63, 3.8) is 0 Å². The molecule has 0 saturated heterocycles. The number of thiazole rings is 1. The molecule has 124 valence electrons. The van der Waals surface area contributed by atoms with Crippen molar-refractivity contribution < 1.29 is 9.18 Å². The Bertz CT molecular complexity index is 878. The molecule has 3 aromatic rings. The van der Waals surface area contributed by atoms with Gasteiger partial charge in [-0.15, -0.1) is 0 Å². The highest BCUT2D eigenvalue weighted by Gasteiger charge is 2.14. The number of benzene rings is 2. The standard InChI is InChI=1S/C18H18FN3OS/c1-3-12-7-4-5-9-14(12)20-16(23)11-22(2)18-21-17-13(19)8-6-10-15(17)24-18/h4-10H,3,11H2,1-2H3,(H,20,23). The predicted molar refractivity (Wildman–Crippen MR) is 97.3 cm³/mol. The number of hydrogen-bond acceptors (Lipinski definition) is 4. The summed E-state index contributed by atoms with van der Waals surface area (Å²) in [5.74, 6) is -0.470. The Kier molecular flexibility index (Phi) is 4.76. The molecule has 0 aliphatic heterocycles. The van der Waals surface area contributed by atoms with Crippen molar-refractivity contribution in [3.05, 3.63) is 53.8 Å². The van der Waals surface area contributed by atoms with Gasteiger partial charge in [0.2, 0.25) is 5.91 Å². The zero-order chi connectivity index (χ0) is 17.1. The highest BCUT2D eigenvalue weighted by atomic mass is 32.1. The zero-order valence-electron chi connectivity index (χ0n) is 13.5. The van der Waals surface area contributed by atoms with Gasteiger partial charge in [-0.1, -0.05) is 42.5 Å². The van der Waals surface area contributed by atoms with Crippen molar-refractivity contribution in [1.29, 1.82) is 0 Å². The number of anilines is 2. The highest BCUT2D eigenvalue weighted by Crippen LogP contribution is 2.29. The summed E-state index contributed by atoms with van der Waals surface area (Å²) >= 11 is 1.37. The average molecular weight is 343 g/mol. The summed E-state index contributed by atoms with van der Waals surface area (Å²) in [6.07, 6.45) is 0.851. The molecule has 1 amide bonds. The number of carbonyl (C=O) groups is 1. The van der Waals surface area contributed by atoms with Gasteiger partial charge < -0.3 is 10.2 Å². The molecule has 0 spiro atoms. The molecule has 0 unspecified atom stereocenters. The largest absolute Gasteiger partial charge is 0.342 e. The van der Waals surface area contributed by atoms with Gasteiger partial charge in [-0.25, -0.2) is 9.37 Å². The van der Waals surface area contributed by atoms with Gasteiger partial charge in [0, 0.05) is 12.7 Å². The fourth-order valence-corrected chi connectivity index (χ4v) is 3.43. The lowest BCUT2D eigenvalue weighted by Gasteiger charge is -2.16. The lowest BCUT2D eigenvalue weighted by molar-refractivity contribution is -0.114. The van der Waals surface area contributed by atoms with E-state index in [0.717, 1.165) is 22.4 Å². The Balaban J connectivity index is 1.72. The first-order valence-corrected chi connectivity index (χ1v) is 8.54. The molecule has 4 nitrogen and oxygen atoms in total. The third-order valence-corrected chi connectivity index (χ3v) is 4.87. The lowest BCUT2D eigenvalue weighted by atomic mass is 10.1. The van der Waals surface area contributed by atoms with E-state index in [1.54, 1.807) is 18.0 Å². The third-order valence-electron chi connectivity index (χ3n) is 3.74. The van der Waals surface area contributed by atoms with Crippen LogP contribution in [0.1, 0.15) is 12.5 Å². The Labute approximate surface area is 143 Å². The van der Waals surface area contributed by atoms with Gasteiger partial charge in [-0.3, -0.25) is 4.79 Å². The molecule has 2 aromatic carbocycles. The molecule has 0 bridgehead atoms.